The number of Topliss-reactive ketones (excluding diaryl/α,β-unsaturated/α-hetero) is 1. The summed E-state index contributed by atoms with van der Waals surface area (Å²) in [6.45, 7) is 0.351. The number of nitrogens with zero attached hydrogens (tertiary/aromatic N) is 1. The lowest BCUT2D eigenvalue weighted by molar-refractivity contribution is 0.0954. The topological polar surface area (TPSA) is 38.8 Å². The van der Waals surface area contributed by atoms with Crippen LogP contribution in [0.5, 0.6) is 11.5 Å². The average Bonchev–Trinajstić information content (AvgIpc) is 2.27. The molecule has 0 aromatic heterocycles. The van der Waals surface area contributed by atoms with Crippen molar-refractivity contribution in [1.82, 2.24) is 4.90 Å². The minimum absolute atomic E-state index is 0.0146. The second kappa shape index (κ2) is 5.51. The molecule has 4 heteroatoms. The number of methoxy groups -OCH3 is 2. The van der Waals surface area contributed by atoms with Crippen LogP contribution in [0.25, 0.3) is 0 Å². The fraction of sp³-hybridized carbons (Fsp3) is 0.417. The van der Waals surface area contributed by atoms with Crippen LogP contribution in [0.4, 0.5) is 0 Å². The number of benzene rings is 1. The van der Waals surface area contributed by atoms with Crippen molar-refractivity contribution in [3.05, 3.63) is 23.8 Å². The number of hydrogen-bond acceptors (Lipinski definition) is 4. The predicted molar refractivity (Wildman–Crippen MR) is 62.4 cm³/mol. The largest absolute Gasteiger partial charge is 0.497 e. The van der Waals surface area contributed by atoms with Crippen LogP contribution < -0.4 is 9.47 Å². The Balaban J connectivity index is 3.03. The highest BCUT2D eigenvalue weighted by atomic mass is 16.5. The van der Waals surface area contributed by atoms with E-state index in [0.29, 0.717) is 23.6 Å². The highest BCUT2D eigenvalue weighted by Crippen LogP contribution is 2.24. The standard InChI is InChI=1S/C12H17NO3/c1-13(2)8-11(14)10-7-9(15-3)5-6-12(10)16-4/h5-7H,8H2,1-4H3. The van der Waals surface area contributed by atoms with E-state index in [9.17, 15) is 4.79 Å². The molecule has 0 saturated carbocycles. The first-order valence-electron chi connectivity index (χ1n) is 4.98. The molecule has 0 radical (unpaired) electrons. The molecule has 16 heavy (non-hydrogen) atoms. The molecule has 0 N–H and O–H groups in total. The molecule has 1 aromatic rings. The van der Waals surface area contributed by atoms with Gasteiger partial charge in [-0.05, 0) is 32.3 Å². The summed E-state index contributed by atoms with van der Waals surface area (Å²) in [6.07, 6.45) is 0. The smallest absolute Gasteiger partial charge is 0.180 e. The van der Waals surface area contributed by atoms with Crippen LogP contribution in [0.1, 0.15) is 10.4 Å². The maximum absolute atomic E-state index is 11.9. The normalized spacial score (nSPS) is 10.3. The Morgan fingerprint density at radius 2 is 1.94 bits per heavy atom. The second-order valence-electron chi connectivity index (χ2n) is 3.73. The zero-order chi connectivity index (χ0) is 12.1. The molecule has 0 atom stereocenters. The molecule has 0 aliphatic carbocycles. The van der Waals surface area contributed by atoms with Crippen LogP contribution in [-0.2, 0) is 0 Å². The molecule has 0 unspecified atom stereocenters. The van der Waals surface area contributed by atoms with E-state index in [-0.39, 0.29) is 5.78 Å². The van der Waals surface area contributed by atoms with E-state index in [2.05, 4.69) is 0 Å². The first-order chi connectivity index (χ1) is 7.58. The van der Waals surface area contributed by atoms with Crippen LogP contribution in [-0.4, -0.2) is 45.5 Å². The summed E-state index contributed by atoms with van der Waals surface area (Å²) < 4.78 is 10.2. The molecule has 0 saturated heterocycles. The van der Waals surface area contributed by atoms with E-state index in [1.54, 1.807) is 32.4 Å². The number of carbonyl (C=O) groups excluding carboxylic acids is 1. The molecule has 1 rings (SSSR count). The third-order valence-corrected chi connectivity index (χ3v) is 2.17. The molecule has 1 aromatic carbocycles. The summed E-state index contributed by atoms with van der Waals surface area (Å²) in [6, 6.07) is 5.21. The summed E-state index contributed by atoms with van der Waals surface area (Å²) in [5.41, 5.74) is 0.551. The maximum Gasteiger partial charge on any atom is 0.180 e. The van der Waals surface area contributed by atoms with Gasteiger partial charge >= 0.3 is 0 Å². The van der Waals surface area contributed by atoms with Crippen molar-refractivity contribution in [3.8, 4) is 11.5 Å². The van der Waals surface area contributed by atoms with Crippen molar-refractivity contribution in [2.45, 2.75) is 0 Å². The van der Waals surface area contributed by atoms with Crippen molar-refractivity contribution < 1.29 is 14.3 Å². The highest BCUT2D eigenvalue weighted by Gasteiger charge is 2.14. The summed E-state index contributed by atoms with van der Waals surface area (Å²) in [5, 5.41) is 0. The van der Waals surface area contributed by atoms with E-state index in [1.165, 1.54) is 0 Å². The number of likely N-dealkylation sites (N-methyl/N-ethyl adjacent to an activating group) is 1. The van der Waals surface area contributed by atoms with Gasteiger partial charge in [0, 0.05) is 0 Å². The zero-order valence-electron chi connectivity index (χ0n) is 10.1. The molecule has 0 aliphatic heterocycles. The Morgan fingerprint density at radius 1 is 1.25 bits per heavy atom. The van der Waals surface area contributed by atoms with Crippen LogP contribution >= 0.6 is 0 Å². The van der Waals surface area contributed by atoms with Gasteiger partial charge in [-0.2, -0.15) is 0 Å². The molecule has 88 valence electrons. The average molecular weight is 223 g/mol. The van der Waals surface area contributed by atoms with Crippen LogP contribution in [0.2, 0.25) is 0 Å². The Bertz CT molecular complexity index is 375. The number of ether oxygens (including phenoxy) is 2. The first kappa shape index (κ1) is 12.5. The Kier molecular flexibility index (Phi) is 4.31. The molecule has 0 bridgehead atoms. The Morgan fingerprint density at radius 3 is 2.44 bits per heavy atom. The number of carbonyl (C=O) groups is 1. The van der Waals surface area contributed by atoms with Gasteiger partial charge in [-0.15, -0.1) is 0 Å². The van der Waals surface area contributed by atoms with Crippen LogP contribution in [0, 0.1) is 0 Å². The fourth-order valence-electron chi connectivity index (χ4n) is 1.40. The van der Waals surface area contributed by atoms with Gasteiger partial charge < -0.3 is 14.4 Å². The minimum atomic E-state index is 0.0146. The van der Waals surface area contributed by atoms with Crippen molar-refractivity contribution in [3.63, 3.8) is 0 Å². The molecule has 0 aliphatic rings. The third-order valence-electron chi connectivity index (χ3n) is 2.17. The lowest BCUT2D eigenvalue weighted by Crippen LogP contribution is -2.22. The van der Waals surface area contributed by atoms with Gasteiger partial charge in [0.25, 0.3) is 0 Å². The quantitative estimate of drug-likeness (QED) is 0.708. The van der Waals surface area contributed by atoms with E-state index in [1.807, 2.05) is 19.0 Å². The van der Waals surface area contributed by atoms with Gasteiger partial charge in [0.05, 0.1) is 26.3 Å². The summed E-state index contributed by atoms with van der Waals surface area (Å²) in [7, 11) is 6.82. The molecule has 4 nitrogen and oxygen atoms in total. The van der Waals surface area contributed by atoms with Gasteiger partial charge in [-0.3, -0.25) is 4.79 Å². The SMILES string of the molecule is COc1ccc(OC)c(C(=O)CN(C)C)c1. The van der Waals surface area contributed by atoms with Crippen molar-refractivity contribution in [1.29, 1.82) is 0 Å². The first-order valence-corrected chi connectivity index (χ1v) is 4.98. The zero-order valence-corrected chi connectivity index (χ0v) is 10.1. The van der Waals surface area contributed by atoms with Crippen LogP contribution in [0.15, 0.2) is 18.2 Å². The molecule has 0 spiro atoms. The second-order valence-corrected chi connectivity index (χ2v) is 3.73. The van der Waals surface area contributed by atoms with E-state index in [4.69, 9.17) is 9.47 Å². The maximum atomic E-state index is 11.9. The molecule has 0 amide bonds. The number of hydrogen-bond donors (Lipinski definition) is 0. The third kappa shape index (κ3) is 2.97. The lowest BCUT2D eigenvalue weighted by Gasteiger charge is -2.12. The van der Waals surface area contributed by atoms with Crippen molar-refractivity contribution in [2.75, 3.05) is 34.9 Å². The molecule has 0 heterocycles. The van der Waals surface area contributed by atoms with Crippen molar-refractivity contribution >= 4 is 5.78 Å². The van der Waals surface area contributed by atoms with Gasteiger partial charge in [0.15, 0.2) is 5.78 Å². The highest BCUT2D eigenvalue weighted by molar-refractivity contribution is 6.00. The fourth-order valence-corrected chi connectivity index (χ4v) is 1.40. The van der Waals surface area contributed by atoms with E-state index in [0.717, 1.165) is 0 Å². The van der Waals surface area contributed by atoms with E-state index >= 15 is 0 Å². The summed E-state index contributed by atoms with van der Waals surface area (Å²) in [5.74, 6) is 1.25. The molecular weight excluding hydrogens is 206 g/mol. The van der Waals surface area contributed by atoms with Gasteiger partial charge in [-0.1, -0.05) is 0 Å². The minimum Gasteiger partial charge on any atom is -0.497 e. The predicted octanol–water partition coefficient (Wildman–Crippen LogP) is 1.45. The monoisotopic (exact) mass is 223 g/mol. The Labute approximate surface area is 95.8 Å². The lowest BCUT2D eigenvalue weighted by atomic mass is 10.1. The van der Waals surface area contributed by atoms with Gasteiger partial charge in [-0.25, -0.2) is 0 Å². The van der Waals surface area contributed by atoms with Crippen LogP contribution in [0.3, 0.4) is 0 Å². The Hall–Kier alpha value is -1.55. The summed E-state index contributed by atoms with van der Waals surface area (Å²) >= 11 is 0. The summed E-state index contributed by atoms with van der Waals surface area (Å²) in [4.78, 5) is 13.7. The van der Waals surface area contributed by atoms with Gasteiger partial charge in [0.2, 0.25) is 0 Å². The number of rotatable bonds is 5. The van der Waals surface area contributed by atoms with E-state index < -0.39 is 0 Å². The molecular formula is C12H17NO3. The number of ketones is 1. The van der Waals surface area contributed by atoms with Gasteiger partial charge in [0.1, 0.15) is 11.5 Å². The van der Waals surface area contributed by atoms with Crippen molar-refractivity contribution in [2.24, 2.45) is 0 Å². The molecule has 0 fully saturated rings.